The fourth-order valence-corrected chi connectivity index (χ4v) is 3.54. The van der Waals surface area contributed by atoms with E-state index in [1.54, 1.807) is 12.1 Å². The number of halogens is 3. The molecule has 0 unspecified atom stereocenters. The minimum absolute atomic E-state index is 0.234. The molecule has 0 atom stereocenters. The number of aromatic nitrogens is 1. The number of hydrogen-bond acceptors (Lipinski definition) is 0. The van der Waals surface area contributed by atoms with Crippen LogP contribution in [0.25, 0.3) is 32.9 Å². The van der Waals surface area contributed by atoms with Gasteiger partial charge < -0.3 is 4.98 Å². The van der Waals surface area contributed by atoms with Crippen molar-refractivity contribution in [3.8, 4) is 23.0 Å². The van der Waals surface area contributed by atoms with Crippen LogP contribution in [0.3, 0.4) is 0 Å². The van der Waals surface area contributed by atoms with Crippen molar-refractivity contribution in [2.75, 3.05) is 0 Å². The average molecular weight is 397 g/mol. The van der Waals surface area contributed by atoms with Gasteiger partial charge in [-0.1, -0.05) is 48.2 Å². The third kappa shape index (κ3) is 3.21. The number of H-pyrrole nitrogens is 1. The van der Waals surface area contributed by atoms with E-state index in [-0.39, 0.29) is 5.56 Å². The standard InChI is InChI=1S/C26H14F3N/c27-22-12-10-19(15-24(22)29)18-9-8-17(23(28)14-18)7-5-16-6-11-21-20-3-1-2-4-25(20)30-26(21)13-16/h1-4,6,8-15,30H. The molecule has 0 saturated heterocycles. The van der Waals surface area contributed by atoms with Crippen LogP contribution >= 0.6 is 0 Å². The van der Waals surface area contributed by atoms with Crippen molar-refractivity contribution >= 4 is 21.8 Å². The van der Waals surface area contributed by atoms with Gasteiger partial charge in [-0.2, -0.15) is 0 Å². The summed E-state index contributed by atoms with van der Waals surface area (Å²) in [4.78, 5) is 3.36. The van der Waals surface area contributed by atoms with Gasteiger partial charge in [0.1, 0.15) is 5.82 Å². The molecule has 0 bridgehead atoms. The van der Waals surface area contributed by atoms with Crippen LogP contribution in [0.15, 0.2) is 78.9 Å². The third-order valence-electron chi connectivity index (χ3n) is 5.07. The zero-order chi connectivity index (χ0) is 20.7. The van der Waals surface area contributed by atoms with Crippen LogP contribution in [-0.2, 0) is 0 Å². The van der Waals surface area contributed by atoms with Gasteiger partial charge in [0.05, 0.1) is 5.56 Å². The Bertz CT molecular complexity index is 1490. The first-order valence-electron chi connectivity index (χ1n) is 9.36. The number of para-hydroxylation sites is 1. The molecule has 0 radical (unpaired) electrons. The van der Waals surface area contributed by atoms with Crippen LogP contribution in [0.1, 0.15) is 11.1 Å². The predicted molar refractivity (Wildman–Crippen MR) is 114 cm³/mol. The van der Waals surface area contributed by atoms with Gasteiger partial charge in [-0.05, 0) is 53.6 Å². The van der Waals surface area contributed by atoms with Gasteiger partial charge in [-0.15, -0.1) is 0 Å². The minimum atomic E-state index is -0.968. The Morgan fingerprint density at radius 3 is 2.10 bits per heavy atom. The van der Waals surface area contributed by atoms with Crippen molar-refractivity contribution < 1.29 is 13.2 Å². The van der Waals surface area contributed by atoms with Gasteiger partial charge in [0.25, 0.3) is 0 Å². The lowest BCUT2D eigenvalue weighted by atomic mass is 10.0. The van der Waals surface area contributed by atoms with E-state index in [1.807, 2.05) is 36.4 Å². The Kier molecular flexibility index (Phi) is 4.30. The maximum Gasteiger partial charge on any atom is 0.159 e. The summed E-state index contributed by atoms with van der Waals surface area (Å²) in [7, 11) is 0. The lowest BCUT2D eigenvalue weighted by Crippen LogP contribution is -1.89. The van der Waals surface area contributed by atoms with E-state index in [9.17, 15) is 13.2 Å². The van der Waals surface area contributed by atoms with Crippen molar-refractivity contribution in [3.05, 3.63) is 107 Å². The smallest absolute Gasteiger partial charge is 0.159 e. The van der Waals surface area contributed by atoms with Crippen LogP contribution in [0.4, 0.5) is 13.2 Å². The maximum atomic E-state index is 14.5. The van der Waals surface area contributed by atoms with E-state index >= 15 is 0 Å². The Morgan fingerprint density at radius 2 is 1.30 bits per heavy atom. The number of rotatable bonds is 1. The van der Waals surface area contributed by atoms with Crippen LogP contribution in [0, 0.1) is 29.3 Å². The van der Waals surface area contributed by atoms with E-state index in [0.29, 0.717) is 11.1 Å². The molecule has 5 rings (SSSR count). The molecular formula is C26H14F3N. The lowest BCUT2D eigenvalue weighted by Gasteiger charge is -2.04. The summed E-state index contributed by atoms with van der Waals surface area (Å²) in [5, 5.41) is 2.25. The highest BCUT2D eigenvalue weighted by Crippen LogP contribution is 2.26. The zero-order valence-corrected chi connectivity index (χ0v) is 15.6. The number of aromatic amines is 1. The summed E-state index contributed by atoms with van der Waals surface area (Å²) in [6, 6.07) is 21.8. The first kappa shape index (κ1) is 18.1. The molecule has 0 amide bonds. The van der Waals surface area contributed by atoms with Crippen molar-refractivity contribution in [1.82, 2.24) is 4.98 Å². The summed E-state index contributed by atoms with van der Waals surface area (Å²) >= 11 is 0. The van der Waals surface area contributed by atoms with Crippen molar-refractivity contribution in [3.63, 3.8) is 0 Å². The van der Waals surface area contributed by atoms with Gasteiger partial charge in [-0.3, -0.25) is 0 Å². The molecular weight excluding hydrogens is 383 g/mol. The van der Waals surface area contributed by atoms with E-state index in [4.69, 9.17) is 0 Å². The van der Waals surface area contributed by atoms with Crippen molar-refractivity contribution in [2.45, 2.75) is 0 Å². The SMILES string of the molecule is Fc1ccc(-c2ccc(C#Cc3ccc4c(c3)[nH]c3ccccc34)c(F)c2)cc1F. The third-order valence-corrected chi connectivity index (χ3v) is 5.07. The van der Waals surface area contributed by atoms with Crippen LogP contribution in [-0.4, -0.2) is 4.98 Å². The molecule has 0 aliphatic carbocycles. The molecule has 0 saturated carbocycles. The predicted octanol–water partition coefficient (Wildman–Crippen LogP) is 6.81. The van der Waals surface area contributed by atoms with Gasteiger partial charge in [0, 0.05) is 27.4 Å². The first-order valence-corrected chi connectivity index (χ1v) is 9.36. The Morgan fingerprint density at radius 1 is 0.567 bits per heavy atom. The molecule has 30 heavy (non-hydrogen) atoms. The molecule has 0 aliphatic rings. The highest BCUT2D eigenvalue weighted by Gasteiger charge is 2.08. The summed E-state index contributed by atoms with van der Waals surface area (Å²) in [6.45, 7) is 0. The fourth-order valence-electron chi connectivity index (χ4n) is 3.54. The second-order valence-corrected chi connectivity index (χ2v) is 7.00. The summed E-state index contributed by atoms with van der Waals surface area (Å²) < 4.78 is 41.1. The molecule has 4 aromatic carbocycles. The average Bonchev–Trinajstić information content (AvgIpc) is 3.12. The molecule has 4 heteroatoms. The summed E-state index contributed by atoms with van der Waals surface area (Å²) in [6.07, 6.45) is 0. The molecule has 1 N–H and O–H groups in total. The van der Waals surface area contributed by atoms with E-state index < -0.39 is 17.5 Å². The minimum Gasteiger partial charge on any atom is -0.354 e. The van der Waals surface area contributed by atoms with Crippen LogP contribution < -0.4 is 0 Å². The maximum absolute atomic E-state index is 14.5. The number of benzene rings is 4. The van der Waals surface area contributed by atoms with E-state index in [1.165, 1.54) is 12.1 Å². The van der Waals surface area contributed by atoms with E-state index in [0.717, 1.165) is 39.5 Å². The quantitative estimate of drug-likeness (QED) is 0.299. The number of nitrogens with one attached hydrogen (secondary N) is 1. The van der Waals surface area contributed by atoms with E-state index in [2.05, 4.69) is 22.9 Å². The lowest BCUT2D eigenvalue weighted by molar-refractivity contribution is 0.509. The number of hydrogen-bond donors (Lipinski definition) is 1. The van der Waals surface area contributed by atoms with Gasteiger partial charge in [-0.25, -0.2) is 13.2 Å². The molecule has 1 aromatic heterocycles. The monoisotopic (exact) mass is 397 g/mol. The zero-order valence-electron chi connectivity index (χ0n) is 15.6. The summed E-state index contributed by atoms with van der Waals surface area (Å²) in [5.74, 6) is 3.43. The van der Waals surface area contributed by atoms with Gasteiger partial charge in [0.2, 0.25) is 0 Å². The Hall–Kier alpha value is -3.97. The second kappa shape index (κ2) is 7.13. The normalized spacial score (nSPS) is 10.9. The fraction of sp³-hybridized carbons (Fsp3) is 0. The summed E-state index contributed by atoms with van der Waals surface area (Å²) in [5.41, 5.74) is 3.87. The Labute approximate surface area is 170 Å². The van der Waals surface area contributed by atoms with Crippen LogP contribution in [0.5, 0.6) is 0 Å². The Balaban J connectivity index is 1.47. The van der Waals surface area contributed by atoms with Gasteiger partial charge >= 0.3 is 0 Å². The molecule has 0 spiro atoms. The number of fused-ring (bicyclic) bond motifs is 3. The molecule has 1 heterocycles. The van der Waals surface area contributed by atoms with Gasteiger partial charge in [0.15, 0.2) is 11.6 Å². The van der Waals surface area contributed by atoms with Crippen molar-refractivity contribution in [1.29, 1.82) is 0 Å². The second-order valence-electron chi connectivity index (χ2n) is 7.00. The molecule has 1 nitrogen and oxygen atoms in total. The highest BCUT2D eigenvalue weighted by atomic mass is 19.2. The molecule has 0 aliphatic heterocycles. The first-order chi connectivity index (χ1) is 14.6. The van der Waals surface area contributed by atoms with Crippen molar-refractivity contribution in [2.24, 2.45) is 0 Å². The topological polar surface area (TPSA) is 15.8 Å². The molecule has 0 fully saturated rings. The largest absolute Gasteiger partial charge is 0.354 e. The molecule has 5 aromatic rings. The van der Waals surface area contributed by atoms with Crippen LogP contribution in [0.2, 0.25) is 0 Å². The highest BCUT2D eigenvalue weighted by molar-refractivity contribution is 6.07. The molecule has 144 valence electrons.